The Labute approximate surface area is 212 Å². The lowest BCUT2D eigenvalue weighted by Gasteiger charge is -2.34. The van der Waals surface area contributed by atoms with E-state index in [-0.39, 0.29) is 30.0 Å². The fourth-order valence-electron chi connectivity index (χ4n) is 4.73. The number of esters is 1. The molecule has 2 aliphatic heterocycles. The number of epoxide rings is 1. The Morgan fingerprint density at radius 1 is 1.26 bits per heavy atom. The lowest BCUT2D eigenvalue weighted by Crippen LogP contribution is -2.49. The molecule has 0 saturated carbocycles. The molecule has 8 nitrogen and oxygen atoms in total. The largest absolute Gasteiger partial charge is 0.458 e. The summed E-state index contributed by atoms with van der Waals surface area (Å²) in [5, 5.41) is 27.8. The number of aryl methyl sites for hydroxylation is 1. The first-order valence-corrected chi connectivity index (χ1v) is 13.2. The molecule has 3 rings (SSSR count). The van der Waals surface area contributed by atoms with Crippen molar-refractivity contribution in [2.75, 3.05) is 6.54 Å². The highest BCUT2D eigenvalue weighted by atomic mass is 32.1. The number of Topliss-reactive ketones (excluding diaryl/α,β-unsaturated/α-hetero) is 1. The van der Waals surface area contributed by atoms with Crippen LogP contribution < -0.4 is 5.32 Å². The van der Waals surface area contributed by atoms with Gasteiger partial charge in [0.25, 0.3) is 0 Å². The number of carbonyl (C=O) groups is 2. The van der Waals surface area contributed by atoms with Crippen LogP contribution in [0, 0.1) is 18.3 Å². The standard InChI is InChI=1S/C26H40N2O6S/c1-14(10-18-13-35-17(4)28-18)19-11-21-26(7,34-21)8-9-27-16(3)23(31)15(2)24(32)25(5,6)20(29)12-22(30)33-19/h10,13,15-16,19-21,23,27,29,31H,8-9,11-12H2,1-7H3. The molecular formula is C26H40N2O6S. The number of nitrogens with one attached hydrogen (secondary N) is 1. The van der Waals surface area contributed by atoms with Gasteiger partial charge in [0.2, 0.25) is 0 Å². The molecule has 9 heteroatoms. The number of ether oxygens (including phenoxy) is 2. The van der Waals surface area contributed by atoms with E-state index >= 15 is 0 Å². The van der Waals surface area contributed by atoms with Gasteiger partial charge in [-0.15, -0.1) is 11.3 Å². The summed E-state index contributed by atoms with van der Waals surface area (Å²) in [5.74, 6) is -1.59. The Bertz CT molecular complexity index is 959. The molecule has 2 saturated heterocycles. The van der Waals surface area contributed by atoms with Gasteiger partial charge < -0.3 is 25.0 Å². The minimum absolute atomic E-state index is 0.0855. The van der Waals surface area contributed by atoms with Crippen LogP contribution in [0.3, 0.4) is 0 Å². The first kappa shape index (κ1) is 27.9. The maximum atomic E-state index is 13.2. The molecule has 0 spiro atoms. The molecule has 1 aromatic heterocycles. The molecule has 1 aromatic rings. The third-order valence-electron chi connectivity index (χ3n) is 7.61. The van der Waals surface area contributed by atoms with Crippen LogP contribution in [0.15, 0.2) is 11.0 Å². The van der Waals surface area contributed by atoms with Crippen molar-refractivity contribution in [2.45, 2.75) is 104 Å². The summed E-state index contributed by atoms with van der Waals surface area (Å²) in [6.45, 7) is 13.2. The number of fused-ring (bicyclic) bond motifs is 1. The molecule has 0 radical (unpaired) electrons. The van der Waals surface area contributed by atoms with E-state index in [1.54, 1.807) is 32.1 Å². The van der Waals surface area contributed by atoms with Crippen LogP contribution >= 0.6 is 11.3 Å². The van der Waals surface area contributed by atoms with Gasteiger partial charge in [-0.05, 0) is 52.3 Å². The first-order chi connectivity index (χ1) is 16.2. The average Bonchev–Trinajstić information content (AvgIpc) is 3.22. The number of aliphatic hydroxyl groups excluding tert-OH is 2. The predicted octanol–water partition coefficient (Wildman–Crippen LogP) is 3.04. The summed E-state index contributed by atoms with van der Waals surface area (Å²) >= 11 is 1.55. The molecule has 3 heterocycles. The number of rotatable bonds is 2. The number of hydrogen-bond acceptors (Lipinski definition) is 9. The second kappa shape index (κ2) is 10.8. The van der Waals surface area contributed by atoms with E-state index < -0.39 is 35.6 Å². The minimum Gasteiger partial charge on any atom is -0.458 e. The summed E-state index contributed by atoms with van der Waals surface area (Å²) in [7, 11) is 0. The number of ketones is 1. The molecular weight excluding hydrogens is 468 g/mol. The second-order valence-electron chi connectivity index (χ2n) is 10.9. The number of cyclic esters (lactones) is 1. The first-order valence-electron chi connectivity index (χ1n) is 12.4. The van der Waals surface area contributed by atoms with E-state index in [4.69, 9.17) is 9.47 Å². The molecule has 3 N–H and O–H groups in total. The maximum Gasteiger partial charge on any atom is 0.309 e. The Balaban J connectivity index is 1.85. The smallest absolute Gasteiger partial charge is 0.309 e. The SMILES string of the molecule is CC(=Cc1csc(C)n1)C1CC2OC2(C)CCNC(C)C(O)C(C)C(=O)C(C)(C)C(O)CC(=O)O1. The maximum absolute atomic E-state index is 13.2. The van der Waals surface area contributed by atoms with Gasteiger partial charge in [0, 0.05) is 23.8 Å². The molecule has 7 atom stereocenters. The van der Waals surface area contributed by atoms with Gasteiger partial charge in [-0.3, -0.25) is 9.59 Å². The number of aromatic nitrogens is 1. The zero-order valence-electron chi connectivity index (χ0n) is 21.8. The topological polar surface area (TPSA) is 121 Å². The van der Waals surface area contributed by atoms with Crippen molar-refractivity contribution in [3.8, 4) is 0 Å². The molecule has 0 aromatic carbocycles. The van der Waals surface area contributed by atoms with E-state index in [1.165, 1.54) is 0 Å². The van der Waals surface area contributed by atoms with Gasteiger partial charge in [0.1, 0.15) is 11.9 Å². The summed E-state index contributed by atoms with van der Waals surface area (Å²) in [4.78, 5) is 30.6. The van der Waals surface area contributed by atoms with Crippen molar-refractivity contribution < 1.29 is 29.3 Å². The van der Waals surface area contributed by atoms with Crippen LogP contribution in [0.4, 0.5) is 0 Å². The van der Waals surface area contributed by atoms with E-state index in [0.717, 1.165) is 22.7 Å². The van der Waals surface area contributed by atoms with Crippen molar-refractivity contribution in [3.05, 3.63) is 21.7 Å². The lowest BCUT2D eigenvalue weighted by molar-refractivity contribution is -0.154. The third kappa shape index (κ3) is 6.57. The van der Waals surface area contributed by atoms with Crippen LogP contribution in [-0.4, -0.2) is 69.6 Å². The number of carbonyl (C=O) groups excluding carboxylic acids is 2. The van der Waals surface area contributed by atoms with E-state index in [1.807, 2.05) is 39.2 Å². The van der Waals surface area contributed by atoms with Crippen molar-refractivity contribution in [1.82, 2.24) is 10.3 Å². The van der Waals surface area contributed by atoms with Crippen molar-refractivity contribution in [1.29, 1.82) is 0 Å². The van der Waals surface area contributed by atoms with Crippen LogP contribution in [0.1, 0.15) is 71.5 Å². The lowest BCUT2D eigenvalue weighted by atomic mass is 9.74. The van der Waals surface area contributed by atoms with E-state index in [2.05, 4.69) is 10.3 Å². The van der Waals surface area contributed by atoms with E-state index in [0.29, 0.717) is 13.0 Å². The molecule has 0 amide bonds. The molecule has 0 aliphatic carbocycles. The van der Waals surface area contributed by atoms with Crippen LogP contribution in [0.5, 0.6) is 0 Å². The quantitative estimate of drug-likeness (QED) is 0.412. The number of aliphatic hydroxyl groups is 2. The Morgan fingerprint density at radius 3 is 2.57 bits per heavy atom. The van der Waals surface area contributed by atoms with Crippen LogP contribution in [0.2, 0.25) is 0 Å². The van der Waals surface area contributed by atoms with Crippen molar-refractivity contribution in [2.24, 2.45) is 11.3 Å². The Hall–Kier alpha value is -1.65. The number of nitrogens with zero attached hydrogens (tertiary/aromatic N) is 1. The minimum atomic E-state index is -1.25. The second-order valence-corrected chi connectivity index (χ2v) is 12.0. The molecule has 2 aliphatic rings. The fraction of sp³-hybridized carbons (Fsp3) is 0.731. The number of hydrogen-bond donors (Lipinski definition) is 3. The highest BCUT2D eigenvalue weighted by molar-refractivity contribution is 7.09. The fourth-order valence-corrected chi connectivity index (χ4v) is 5.30. The van der Waals surface area contributed by atoms with Gasteiger partial charge in [-0.1, -0.05) is 20.8 Å². The zero-order chi connectivity index (χ0) is 26.1. The molecule has 2 fully saturated rings. The summed E-state index contributed by atoms with van der Waals surface area (Å²) in [6, 6.07) is -0.319. The molecule has 196 valence electrons. The highest BCUT2D eigenvalue weighted by Crippen LogP contribution is 2.43. The summed E-state index contributed by atoms with van der Waals surface area (Å²) < 4.78 is 11.9. The van der Waals surface area contributed by atoms with E-state index in [9.17, 15) is 19.8 Å². The zero-order valence-corrected chi connectivity index (χ0v) is 22.6. The monoisotopic (exact) mass is 508 g/mol. The van der Waals surface area contributed by atoms with Gasteiger partial charge in [0.15, 0.2) is 0 Å². The summed E-state index contributed by atoms with van der Waals surface area (Å²) in [6.07, 6.45) is -0.00321. The van der Waals surface area contributed by atoms with Gasteiger partial charge in [-0.2, -0.15) is 0 Å². The molecule has 35 heavy (non-hydrogen) atoms. The van der Waals surface area contributed by atoms with Crippen molar-refractivity contribution in [3.63, 3.8) is 0 Å². The van der Waals surface area contributed by atoms with Crippen LogP contribution in [-0.2, 0) is 19.1 Å². The van der Waals surface area contributed by atoms with Gasteiger partial charge >= 0.3 is 5.97 Å². The normalized spacial score (nSPS) is 37.5. The Morgan fingerprint density at radius 2 is 1.94 bits per heavy atom. The molecule has 7 unspecified atom stereocenters. The predicted molar refractivity (Wildman–Crippen MR) is 135 cm³/mol. The van der Waals surface area contributed by atoms with Gasteiger partial charge in [-0.25, -0.2) is 4.98 Å². The summed E-state index contributed by atoms with van der Waals surface area (Å²) in [5.41, 5.74) is 0.0632. The highest BCUT2D eigenvalue weighted by Gasteiger charge is 2.53. The van der Waals surface area contributed by atoms with Gasteiger partial charge in [0.05, 0.1) is 46.5 Å². The third-order valence-corrected chi connectivity index (χ3v) is 8.40. The number of thiazole rings is 1. The Kier molecular flexibility index (Phi) is 8.59. The average molecular weight is 509 g/mol. The molecule has 0 bridgehead atoms. The van der Waals surface area contributed by atoms with Crippen molar-refractivity contribution >= 4 is 29.2 Å². The van der Waals surface area contributed by atoms with Crippen LogP contribution in [0.25, 0.3) is 6.08 Å².